The van der Waals surface area contributed by atoms with Crippen LogP contribution in [-0.4, -0.2) is 19.0 Å². The number of hydrogen-bond acceptors (Lipinski definition) is 2. The largest absolute Gasteiger partial charge is 0.350 e. The van der Waals surface area contributed by atoms with Gasteiger partial charge in [0.25, 0.3) is 0 Å². The lowest BCUT2D eigenvalue weighted by atomic mass is 9.83. The first-order valence-electron chi connectivity index (χ1n) is 10.7. The van der Waals surface area contributed by atoms with Gasteiger partial charge < -0.3 is 9.47 Å². The van der Waals surface area contributed by atoms with Crippen LogP contribution in [0.4, 0.5) is 0 Å². The molecule has 2 nitrogen and oxygen atoms in total. The summed E-state index contributed by atoms with van der Waals surface area (Å²) in [5.74, 6) is -0.459. The Kier molecular flexibility index (Phi) is 4.99. The molecule has 2 heteroatoms. The molecule has 2 aromatic rings. The third-order valence-corrected chi connectivity index (χ3v) is 6.21. The van der Waals surface area contributed by atoms with Crippen LogP contribution in [0.3, 0.4) is 0 Å². The van der Waals surface area contributed by atoms with Crippen molar-refractivity contribution in [1.29, 1.82) is 0 Å². The van der Waals surface area contributed by atoms with Crippen molar-refractivity contribution in [1.82, 2.24) is 0 Å². The summed E-state index contributed by atoms with van der Waals surface area (Å²) in [7, 11) is 0. The smallest absolute Gasteiger partial charge is 0.162 e. The number of fused-ring (bicyclic) bond motifs is 1. The molecule has 1 fully saturated rings. The third kappa shape index (κ3) is 4.34. The molecule has 1 saturated heterocycles. The second kappa shape index (κ2) is 7.11. The maximum Gasteiger partial charge on any atom is 0.162 e. The summed E-state index contributed by atoms with van der Waals surface area (Å²) >= 11 is 0. The van der Waals surface area contributed by atoms with Crippen LogP contribution in [0.15, 0.2) is 48.0 Å². The molecule has 4 rings (SSSR count). The molecule has 2 aliphatic rings. The van der Waals surface area contributed by atoms with Crippen molar-refractivity contribution in [3.63, 3.8) is 0 Å². The Morgan fingerprint density at radius 1 is 0.897 bits per heavy atom. The van der Waals surface area contributed by atoms with Crippen molar-refractivity contribution in [3.05, 3.63) is 64.7 Å². The van der Waals surface area contributed by atoms with Crippen LogP contribution in [0.1, 0.15) is 64.7 Å². The van der Waals surface area contributed by atoms with Gasteiger partial charge in [0.15, 0.2) is 5.79 Å². The van der Waals surface area contributed by atoms with Crippen molar-refractivity contribution < 1.29 is 9.47 Å². The predicted octanol–water partition coefficient (Wildman–Crippen LogP) is 6.77. The average Bonchev–Trinajstić information content (AvgIpc) is 3.06. The van der Waals surface area contributed by atoms with Gasteiger partial charge in [-0.1, -0.05) is 81.8 Å². The quantitative estimate of drug-likeness (QED) is 0.576. The highest BCUT2D eigenvalue weighted by molar-refractivity contribution is 5.81. The molecular weight excluding hydrogens is 356 g/mol. The van der Waals surface area contributed by atoms with Gasteiger partial charge in [0.2, 0.25) is 0 Å². The van der Waals surface area contributed by atoms with E-state index in [4.69, 9.17) is 9.47 Å². The molecule has 0 N–H and O–H groups in total. The van der Waals surface area contributed by atoms with Crippen molar-refractivity contribution in [2.45, 2.75) is 65.6 Å². The first-order valence-corrected chi connectivity index (χ1v) is 10.7. The summed E-state index contributed by atoms with van der Waals surface area (Å²) in [5.41, 5.74) is 8.51. The fourth-order valence-corrected chi connectivity index (χ4v) is 4.38. The predicted molar refractivity (Wildman–Crippen MR) is 121 cm³/mol. The molecule has 0 spiro atoms. The number of rotatable bonds is 3. The lowest BCUT2D eigenvalue weighted by Gasteiger charge is -2.41. The molecule has 0 unspecified atom stereocenters. The SMILES string of the molecule is CC1(CC2=Cc3c(cccc3-c3ccc(C(C)(C)C)cc3)C2)COC(C)(C)OC1. The van der Waals surface area contributed by atoms with Crippen LogP contribution in [-0.2, 0) is 21.3 Å². The van der Waals surface area contributed by atoms with Crippen LogP contribution < -0.4 is 0 Å². The molecule has 154 valence electrons. The zero-order chi connectivity index (χ0) is 20.9. The highest BCUT2D eigenvalue weighted by Crippen LogP contribution is 2.41. The van der Waals surface area contributed by atoms with E-state index in [1.807, 2.05) is 13.8 Å². The Bertz CT molecular complexity index is 916. The van der Waals surface area contributed by atoms with E-state index < -0.39 is 5.79 Å². The van der Waals surface area contributed by atoms with Gasteiger partial charge in [-0.2, -0.15) is 0 Å². The van der Waals surface area contributed by atoms with Crippen LogP contribution in [0.2, 0.25) is 0 Å². The fraction of sp³-hybridized carbons (Fsp3) is 0.481. The number of benzene rings is 2. The van der Waals surface area contributed by atoms with E-state index in [9.17, 15) is 0 Å². The van der Waals surface area contributed by atoms with Gasteiger partial charge in [-0.15, -0.1) is 0 Å². The van der Waals surface area contributed by atoms with E-state index in [2.05, 4.69) is 76.2 Å². The second-order valence-electron chi connectivity index (χ2n) is 10.6. The van der Waals surface area contributed by atoms with E-state index in [1.54, 1.807) is 0 Å². The monoisotopic (exact) mass is 390 g/mol. The van der Waals surface area contributed by atoms with E-state index >= 15 is 0 Å². The van der Waals surface area contributed by atoms with Gasteiger partial charge in [-0.3, -0.25) is 0 Å². The highest BCUT2D eigenvalue weighted by atomic mass is 16.7. The van der Waals surface area contributed by atoms with E-state index in [0.29, 0.717) is 0 Å². The maximum absolute atomic E-state index is 5.95. The number of allylic oxidation sites excluding steroid dienone is 1. The molecule has 0 atom stereocenters. The molecule has 29 heavy (non-hydrogen) atoms. The summed E-state index contributed by atoms with van der Waals surface area (Å²) < 4.78 is 11.9. The third-order valence-electron chi connectivity index (χ3n) is 6.21. The van der Waals surface area contributed by atoms with Crippen LogP contribution in [0, 0.1) is 5.41 Å². The van der Waals surface area contributed by atoms with Crippen molar-refractivity contribution in [3.8, 4) is 11.1 Å². The minimum atomic E-state index is -0.459. The molecule has 1 heterocycles. The van der Waals surface area contributed by atoms with Gasteiger partial charge in [-0.05, 0) is 59.9 Å². The summed E-state index contributed by atoms with van der Waals surface area (Å²) in [4.78, 5) is 0. The summed E-state index contributed by atoms with van der Waals surface area (Å²) in [5, 5.41) is 0. The van der Waals surface area contributed by atoms with E-state index in [1.165, 1.54) is 33.4 Å². The zero-order valence-electron chi connectivity index (χ0n) is 18.8. The number of ether oxygens (including phenoxy) is 2. The lowest BCUT2D eigenvalue weighted by Crippen LogP contribution is -2.45. The van der Waals surface area contributed by atoms with Gasteiger partial charge in [0.1, 0.15) is 0 Å². The topological polar surface area (TPSA) is 18.5 Å². The first kappa shape index (κ1) is 20.4. The summed E-state index contributed by atoms with van der Waals surface area (Å²) in [6.45, 7) is 14.5. The maximum atomic E-state index is 5.95. The molecule has 0 saturated carbocycles. The Morgan fingerprint density at radius 3 is 2.17 bits per heavy atom. The molecule has 0 bridgehead atoms. The first-order chi connectivity index (χ1) is 13.5. The molecule has 0 radical (unpaired) electrons. The van der Waals surface area contributed by atoms with Gasteiger partial charge in [0, 0.05) is 5.41 Å². The summed E-state index contributed by atoms with van der Waals surface area (Å²) in [6, 6.07) is 15.8. The molecule has 2 aromatic carbocycles. The minimum absolute atomic E-state index is 0.0396. The van der Waals surface area contributed by atoms with Crippen LogP contribution in [0.5, 0.6) is 0 Å². The van der Waals surface area contributed by atoms with Crippen molar-refractivity contribution >= 4 is 6.08 Å². The van der Waals surface area contributed by atoms with Crippen LogP contribution >= 0.6 is 0 Å². The standard InChI is InChI=1S/C27H34O2/c1-25(2,3)22-12-10-20(11-13-22)23-9-7-8-21-14-19(15-24(21)23)16-27(6)17-28-26(4,5)29-18-27/h7-13,15H,14,16-18H2,1-6H3. The Hall–Kier alpha value is -1.90. The number of hydrogen-bond donors (Lipinski definition) is 0. The molecular formula is C27H34O2. The second-order valence-corrected chi connectivity index (χ2v) is 10.6. The normalized spacial score (nSPS) is 20.3. The Labute approximate surface area is 175 Å². The zero-order valence-corrected chi connectivity index (χ0v) is 18.8. The molecule has 1 aliphatic carbocycles. The Balaban J connectivity index is 1.57. The molecule has 0 amide bonds. The Morgan fingerprint density at radius 2 is 1.55 bits per heavy atom. The van der Waals surface area contributed by atoms with Crippen molar-refractivity contribution in [2.75, 3.05) is 13.2 Å². The van der Waals surface area contributed by atoms with Crippen molar-refractivity contribution in [2.24, 2.45) is 5.41 Å². The van der Waals surface area contributed by atoms with Gasteiger partial charge in [-0.25, -0.2) is 0 Å². The van der Waals surface area contributed by atoms with Gasteiger partial charge in [0.05, 0.1) is 13.2 Å². The van der Waals surface area contributed by atoms with E-state index in [0.717, 1.165) is 26.1 Å². The molecule has 0 aromatic heterocycles. The van der Waals surface area contributed by atoms with E-state index in [-0.39, 0.29) is 10.8 Å². The fourth-order valence-electron chi connectivity index (χ4n) is 4.38. The van der Waals surface area contributed by atoms with Gasteiger partial charge >= 0.3 is 0 Å². The minimum Gasteiger partial charge on any atom is -0.350 e. The average molecular weight is 391 g/mol. The molecule has 1 aliphatic heterocycles. The summed E-state index contributed by atoms with van der Waals surface area (Å²) in [6.07, 6.45) is 4.45. The highest BCUT2D eigenvalue weighted by Gasteiger charge is 2.37. The lowest BCUT2D eigenvalue weighted by molar-refractivity contribution is -0.282. The van der Waals surface area contributed by atoms with Crippen LogP contribution in [0.25, 0.3) is 17.2 Å².